The zero-order valence-corrected chi connectivity index (χ0v) is 41.5. The number of hydrogen-bond acceptors (Lipinski definition) is 0. The summed E-state index contributed by atoms with van der Waals surface area (Å²) >= 11 is 10.4. The van der Waals surface area contributed by atoms with Gasteiger partial charge < -0.3 is 0 Å². The monoisotopic (exact) mass is 1430 g/mol. The van der Waals surface area contributed by atoms with Crippen molar-refractivity contribution < 1.29 is 87.8 Å². The maximum atomic E-state index is 11.8. The summed E-state index contributed by atoms with van der Waals surface area (Å²) in [5.41, 5.74) is -8.75. The van der Waals surface area contributed by atoms with Gasteiger partial charge in [0, 0.05) is 10.8 Å². The molecular weight excluding hydrogens is 1240 g/mol. The van der Waals surface area contributed by atoms with Crippen LogP contribution in [-0.4, -0.2) is 58.1 Å². The highest BCUT2D eigenvalue weighted by molar-refractivity contribution is 6.24. The second kappa shape index (κ2) is 90.4. The van der Waals surface area contributed by atoms with Gasteiger partial charge in [-0.2, -0.15) is 79.0 Å². The number of hydrogen-bond donors (Lipinski definition) is 0. The summed E-state index contributed by atoms with van der Waals surface area (Å²) in [6, 6.07) is 0. The van der Waals surface area contributed by atoms with Gasteiger partial charge in [0.2, 0.25) is 0 Å². The van der Waals surface area contributed by atoms with Crippen molar-refractivity contribution in [2.24, 2.45) is 28.1 Å². The Morgan fingerprint density at radius 1 is 0.239 bits per heavy atom. The molecule has 0 nitrogen and oxygen atoms in total. The second-order valence-corrected chi connectivity index (χ2v) is 21.9. The molecule has 0 aromatic heterocycles. The zero-order valence-electron chi connectivity index (χ0n) is 40.0. The lowest BCUT2D eigenvalue weighted by Gasteiger charge is -2.29. The van der Waals surface area contributed by atoms with Crippen molar-refractivity contribution in [2.75, 3.05) is 0 Å². The molecule has 0 saturated carbocycles. The van der Waals surface area contributed by atoms with Crippen molar-refractivity contribution in [3.8, 4) is 0 Å². The summed E-state index contributed by atoms with van der Waals surface area (Å²) in [6.07, 6.45) is -27.6. The van der Waals surface area contributed by atoms with Crippen LogP contribution < -0.4 is 0 Å². The van der Waals surface area contributed by atoms with Crippen LogP contribution in [0.5, 0.6) is 0 Å². The first-order chi connectivity index (χ1) is 24.9. The molecule has 0 aromatic carbocycles. The smallest absolute Gasteiger partial charge is 0.245 e. The van der Waals surface area contributed by atoms with Gasteiger partial charge in [0.1, 0.15) is 10.5 Å². The molecule has 0 rings (SSSR count). The summed E-state index contributed by atoms with van der Waals surface area (Å²) in [6.45, 7) is 34.3. The van der Waals surface area contributed by atoms with E-state index in [0.29, 0.717) is 19.3 Å². The normalized spacial score (nSPS) is 9.27. The Balaban J connectivity index is -0.00000000989. The van der Waals surface area contributed by atoms with E-state index in [1.807, 2.05) is 20.8 Å². The average molecular weight is 1430 g/mol. The Kier molecular flexibility index (Phi) is 254. The van der Waals surface area contributed by atoms with Gasteiger partial charge in [-0.1, -0.05) is 284 Å². The molecule has 0 fully saturated rings. The molecule has 0 spiro atoms. The van der Waals surface area contributed by atoms with Crippen LogP contribution in [0, 0.1) is 28.1 Å². The summed E-state index contributed by atoms with van der Waals surface area (Å²) in [7, 11) is 0. The van der Waals surface area contributed by atoms with Gasteiger partial charge in [-0.15, -0.1) is 23.2 Å². The lowest BCUT2D eigenvalue weighted by Crippen LogP contribution is -2.44. The van der Waals surface area contributed by atoms with Gasteiger partial charge in [-0.3, -0.25) is 0 Å². The van der Waals surface area contributed by atoms with Crippen LogP contribution in [0.25, 0.3) is 0 Å². The lowest BCUT2D eigenvalue weighted by atomic mass is 9.92. The number of rotatable bonds is 0. The minimum absolute atomic E-state index is 0. The van der Waals surface area contributed by atoms with Crippen molar-refractivity contribution in [2.45, 2.75) is 425 Å². The van der Waals surface area contributed by atoms with Gasteiger partial charge in [0.25, 0.3) is 0 Å². The van der Waals surface area contributed by atoms with E-state index in [1.54, 1.807) is 0 Å². The third-order valence-electron chi connectivity index (χ3n) is 4.27. The largest absolute Gasteiger partial charge is 0.421 e. The molecule has 0 N–H and O–H groups in total. The van der Waals surface area contributed by atoms with Gasteiger partial charge in [-0.25, -0.2) is 8.78 Å². The van der Waals surface area contributed by atoms with Crippen molar-refractivity contribution in [3.63, 3.8) is 0 Å². The van der Waals surface area contributed by atoms with Gasteiger partial charge in [0.05, 0.1) is 5.41 Å². The van der Waals surface area contributed by atoms with E-state index in [4.69, 9.17) is 23.2 Å². The SMILES string of the molecule is C.C.C.C.C.C.C.C.C.C.C.C.C.C.C.C.C.C.C.C.C.C.C.C.C.C.C.CC(C)(C(F)(F)F)C(F)(F)F.CC(C)(C)C.CC(C)(C)C(F)(F)F.CC(C)(C)Cl.CC(C)(C)F.CC(C)(Cl)C(F)(F)F.CC(C)(F)C(F)(F)F.CC(C)C.CC(C)C(F)(F)F. The van der Waals surface area contributed by atoms with Crippen LogP contribution >= 0.6 is 23.2 Å². The van der Waals surface area contributed by atoms with Gasteiger partial charge in [0.15, 0.2) is 11.1 Å². The third kappa shape index (κ3) is 240. The fourth-order valence-electron chi connectivity index (χ4n) is 0.161. The summed E-state index contributed by atoms with van der Waals surface area (Å²) in [5.74, 6) is -0.368. The van der Waals surface area contributed by atoms with E-state index < -0.39 is 70.0 Å². The molecule has 0 saturated heterocycles. The van der Waals surface area contributed by atoms with Gasteiger partial charge >= 0.3 is 37.1 Å². The van der Waals surface area contributed by atoms with Crippen LogP contribution in [0.1, 0.15) is 367 Å². The summed E-state index contributed by atoms with van der Waals surface area (Å²) in [5, 5.41) is 0. The van der Waals surface area contributed by atoms with Crippen molar-refractivity contribution >= 4 is 23.2 Å². The zero-order chi connectivity index (χ0) is 53.7. The molecule has 0 aliphatic carbocycles. The molecule has 0 atom stereocenters. The Hall–Kier alpha value is -0.820. The predicted octanol–water partition coefficient (Wildman–Crippen LogP) is 37.5. The first-order valence-electron chi connectivity index (χ1n) is 18.1. The third-order valence-corrected chi connectivity index (χ3v) is 4.48. The first kappa shape index (κ1) is 247. The van der Waals surface area contributed by atoms with Crippen LogP contribution in [0.2, 0.25) is 0 Å². The van der Waals surface area contributed by atoms with Crippen molar-refractivity contribution in [3.05, 3.63) is 0 Å². The predicted molar refractivity (Wildman–Crippen MR) is 393 cm³/mol. The van der Waals surface area contributed by atoms with E-state index >= 15 is 0 Å². The van der Waals surface area contributed by atoms with Crippen molar-refractivity contribution in [1.82, 2.24) is 0 Å². The van der Waals surface area contributed by atoms with E-state index in [9.17, 15) is 87.8 Å². The molecule has 0 bridgehead atoms. The molecule has 600 valence electrons. The first-order valence-corrected chi connectivity index (χ1v) is 18.8. The number of alkyl halides is 22. The molecule has 88 heavy (non-hydrogen) atoms. The molecule has 0 aliphatic heterocycles. The topological polar surface area (TPSA) is 0 Å². The highest BCUT2D eigenvalue weighted by Crippen LogP contribution is 2.49. The lowest BCUT2D eigenvalue weighted by molar-refractivity contribution is -0.327. The Bertz CT molecular complexity index is 875. The molecule has 22 heteroatoms. The second-order valence-electron chi connectivity index (χ2n) is 19.9. The molecular formula is C66H182Cl2F20. The van der Waals surface area contributed by atoms with Crippen LogP contribution in [0.15, 0.2) is 0 Å². The molecule has 0 heterocycles. The molecule has 0 radical (unpaired) electrons. The summed E-state index contributed by atoms with van der Waals surface area (Å²) in [4.78, 5) is -2.12. The fourth-order valence-corrected chi connectivity index (χ4v) is 0.161. The molecule has 0 aliphatic rings. The summed E-state index contributed by atoms with van der Waals surface area (Å²) < 4.78 is 229. The molecule has 0 amide bonds. The fraction of sp³-hybridized carbons (Fsp3) is 1.00. The molecule has 0 aromatic rings. The Labute approximate surface area is 562 Å². The number of halogens is 22. The van der Waals surface area contributed by atoms with E-state index in [1.165, 1.54) is 20.8 Å². The minimum atomic E-state index is -5.24. The van der Waals surface area contributed by atoms with Crippen LogP contribution in [0.4, 0.5) is 87.8 Å². The maximum absolute atomic E-state index is 11.8. The standard InChI is InChI=1S/C5H6F6.C5H9F3.C5H12.C4H6ClF3.C4H9Cl.C4H6F4.C4H7F3.C4H9F.C4H10.27CH4/c1-3(2,4(6,7)8)5(9,10)11;1-4(2,3)5(6,7)8;1-5(2,3)4;1-3(2,5)4(6,7)8;1-4(2,3)5;1-3(2,5)4(6,7)8;1-3(2)4(5,6)7;1-4(2,3)5;1-4(2)3;;;;;;;;;;;;;;;;;;;;;;;;;;;/h1-2H3;1-3H3;1-4H3;1-2H3;1-3H3;1-2H3;3H,1-2H3;1-3H3;4H,1-3H3;27*1H4. The van der Waals surface area contributed by atoms with E-state index in [2.05, 4.69) is 48.5 Å². The van der Waals surface area contributed by atoms with Crippen molar-refractivity contribution in [1.29, 1.82) is 0 Å². The van der Waals surface area contributed by atoms with E-state index in [-0.39, 0.29) is 219 Å². The van der Waals surface area contributed by atoms with E-state index in [0.717, 1.165) is 54.4 Å². The highest BCUT2D eigenvalue weighted by Gasteiger charge is 2.64. The Morgan fingerprint density at radius 2 is 0.307 bits per heavy atom. The maximum Gasteiger partial charge on any atom is 0.421 e. The Morgan fingerprint density at radius 3 is 0.307 bits per heavy atom. The average Bonchev–Trinajstić information content (AvgIpc) is 2.76. The molecule has 0 unspecified atom stereocenters. The highest BCUT2D eigenvalue weighted by atomic mass is 35.5. The van der Waals surface area contributed by atoms with Crippen LogP contribution in [0.3, 0.4) is 0 Å². The van der Waals surface area contributed by atoms with Crippen LogP contribution in [-0.2, 0) is 0 Å². The van der Waals surface area contributed by atoms with Gasteiger partial charge in [-0.05, 0) is 94.4 Å². The minimum Gasteiger partial charge on any atom is -0.245 e. The quantitative estimate of drug-likeness (QED) is 0.168.